The molecule has 0 radical (unpaired) electrons. The molecule has 3 heteroatoms. The smallest absolute Gasteiger partial charge is 0.231 e. The number of hydrogen-bond donors (Lipinski definition) is 0. The van der Waals surface area contributed by atoms with Crippen molar-refractivity contribution in [3.05, 3.63) is 66.1 Å². The van der Waals surface area contributed by atoms with Crippen molar-refractivity contribution in [1.29, 1.82) is 0 Å². The van der Waals surface area contributed by atoms with Crippen LogP contribution in [-0.4, -0.2) is 0 Å². The Hall–Kier alpha value is -3.33. The molecule has 0 atom stereocenters. The monoisotopic (exact) mass is 408 g/mol. The van der Waals surface area contributed by atoms with Gasteiger partial charge in [0.05, 0.1) is 5.56 Å². The molecule has 3 aromatic carbocycles. The maximum atomic E-state index is 6.65. The highest BCUT2D eigenvalue weighted by atomic mass is 16.5. The Morgan fingerprint density at radius 2 is 1.74 bits per heavy atom. The lowest BCUT2D eigenvalue weighted by Gasteiger charge is -2.27. The van der Waals surface area contributed by atoms with Crippen LogP contribution in [0.3, 0.4) is 0 Å². The Bertz CT molecular complexity index is 1530. The van der Waals surface area contributed by atoms with Crippen molar-refractivity contribution in [2.75, 3.05) is 0 Å². The summed E-state index contributed by atoms with van der Waals surface area (Å²) in [6, 6.07) is 15.2. The zero-order valence-corrected chi connectivity index (χ0v) is 18.7. The van der Waals surface area contributed by atoms with E-state index in [4.69, 9.17) is 9.15 Å². The third kappa shape index (κ3) is 2.56. The van der Waals surface area contributed by atoms with Gasteiger partial charge >= 0.3 is 0 Å². The molecule has 0 unspecified atom stereocenters. The molecule has 0 fully saturated rings. The number of rotatable bonds is 1. The van der Waals surface area contributed by atoms with Gasteiger partial charge in [-0.05, 0) is 45.9 Å². The molecular formula is C28H26NO2+. The number of pyridine rings is 1. The second-order valence-electron chi connectivity index (χ2n) is 9.97. The van der Waals surface area contributed by atoms with Gasteiger partial charge in [0, 0.05) is 11.6 Å². The summed E-state index contributed by atoms with van der Waals surface area (Å²) in [4.78, 5) is 0. The summed E-state index contributed by atoms with van der Waals surface area (Å²) in [5, 5.41) is 6.21. The lowest BCUT2D eigenvalue weighted by molar-refractivity contribution is -0.659. The highest BCUT2D eigenvalue weighted by molar-refractivity contribution is 6.14. The molecule has 0 saturated heterocycles. The Morgan fingerprint density at radius 3 is 2.55 bits per heavy atom. The third-order valence-electron chi connectivity index (χ3n) is 6.49. The number of nitrogens with zero attached hydrogens (tertiary/aromatic N) is 1. The van der Waals surface area contributed by atoms with Gasteiger partial charge < -0.3 is 9.15 Å². The molecule has 3 heterocycles. The fourth-order valence-electron chi connectivity index (χ4n) is 5.20. The van der Waals surface area contributed by atoms with Crippen molar-refractivity contribution in [3.63, 3.8) is 0 Å². The van der Waals surface area contributed by atoms with E-state index in [1.165, 1.54) is 43.9 Å². The quantitative estimate of drug-likeness (QED) is 0.212. The van der Waals surface area contributed by atoms with Crippen LogP contribution >= 0.6 is 0 Å². The van der Waals surface area contributed by atoms with Crippen LogP contribution in [0.4, 0.5) is 0 Å². The number of fused-ring (bicyclic) bond motifs is 5. The van der Waals surface area contributed by atoms with Crippen molar-refractivity contribution >= 4 is 32.5 Å². The van der Waals surface area contributed by atoms with Crippen molar-refractivity contribution < 1.29 is 13.7 Å². The molecule has 3 nitrogen and oxygen atoms in total. The van der Waals surface area contributed by atoms with E-state index in [0.29, 0.717) is 0 Å². The highest BCUT2D eigenvalue weighted by Gasteiger charge is 2.35. The third-order valence-corrected chi connectivity index (χ3v) is 6.49. The average Bonchev–Trinajstić information content (AvgIpc) is 3.15. The molecule has 1 aliphatic rings. The van der Waals surface area contributed by atoms with Gasteiger partial charge in [-0.15, -0.1) is 0 Å². The topological polar surface area (TPSA) is 26.2 Å². The molecule has 0 N–H and O–H groups in total. The average molecular weight is 409 g/mol. The minimum Gasteiger partial charge on any atom is -0.460 e. The number of hydrogen-bond acceptors (Lipinski definition) is 2. The number of aryl methyl sites for hydroxylation is 2. The van der Waals surface area contributed by atoms with Gasteiger partial charge in [0.1, 0.15) is 24.4 Å². The molecule has 6 rings (SSSR count). The van der Waals surface area contributed by atoms with E-state index in [2.05, 4.69) is 81.9 Å². The summed E-state index contributed by atoms with van der Waals surface area (Å²) in [6.07, 6.45) is 4.75. The van der Waals surface area contributed by atoms with Crippen molar-refractivity contribution in [2.45, 2.75) is 34.1 Å². The Morgan fingerprint density at radius 1 is 0.935 bits per heavy atom. The first-order chi connectivity index (χ1) is 14.8. The van der Waals surface area contributed by atoms with Crippen LogP contribution in [-0.2, 0) is 13.5 Å². The van der Waals surface area contributed by atoms with E-state index in [0.717, 1.165) is 28.9 Å². The van der Waals surface area contributed by atoms with Crippen molar-refractivity contribution in [2.24, 2.45) is 12.5 Å². The zero-order valence-electron chi connectivity index (χ0n) is 18.7. The van der Waals surface area contributed by atoms with E-state index < -0.39 is 0 Å². The van der Waals surface area contributed by atoms with Crippen molar-refractivity contribution in [1.82, 2.24) is 0 Å². The van der Waals surface area contributed by atoms with Crippen LogP contribution in [0, 0.1) is 12.3 Å². The predicted octanol–water partition coefficient (Wildman–Crippen LogP) is 7.23. The highest BCUT2D eigenvalue weighted by Crippen LogP contribution is 2.52. The number of ether oxygens (including phenoxy) is 1. The van der Waals surface area contributed by atoms with Crippen LogP contribution < -0.4 is 9.30 Å². The molecule has 154 valence electrons. The number of aromatic nitrogens is 1. The minimum absolute atomic E-state index is 0.112. The van der Waals surface area contributed by atoms with Gasteiger partial charge in [-0.2, -0.15) is 4.57 Å². The molecule has 2 aromatic heterocycles. The molecule has 0 bridgehead atoms. The van der Waals surface area contributed by atoms with Gasteiger partial charge in [-0.3, -0.25) is 0 Å². The molecule has 0 amide bonds. The Balaban J connectivity index is 1.85. The normalized spacial score (nSPS) is 13.1. The zero-order chi connectivity index (χ0) is 21.5. The lowest BCUT2D eigenvalue weighted by atomic mass is 9.81. The van der Waals surface area contributed by atoms with Gasteiger partial charge in [0.15, 0.2) is 17.5 Å². The maximum Gasteiger partial charge on any atom is 0.231 e. The van der Waals surface area contributed by atoms with E-state index >= 15 is 0 Å². The van der Waals surface area contributed by atoms with Gasteiger partial charge in [0.25, 0.3) is 0 Å². The molecule has 1 aliphatic heterocycles. The summed E-state index contributed by atoms with van der Waals surface area (Å²) in [5.41, 5.74) is 5.87. The molecular weight excluding hydrogens is 382 g/mol. The fourth-order valence-corrected chi connectivity index (χ4v) is 5.20. The molecule has 0 saturated carbocycles. The summed E-state index contributed by atoms with van der Waals surface area (Å²) in [7, 11) is 2.11. The van der Waals surface area contributed by atoms with Crippen molar-refractivity contribution in [3.8, 4) is 22.8 Å². The lowest BCUT2D eigenvalue weighted by Crippen LogP contribution is -2.31. The second kappa shape index (κ2) is 6.10. The minimum atomic E-state index is 0.112. The summed E-state index contributed by atoms with van der Waals surface area (Å²) in [6.45, 7) is 9.11. The largest absolute Gasteiger partial charge is 0.460 e. The van der Waals surface area contributed by atoms with E-state index in [-0.39, 0.29) is 5.41 Å². The molecule has 0 spiro atoms. The fraction of sp³-hybridized carbons (Fsp3) is 0.250. The second-order valence-corrected chi connectivity index (χ2v) is 9.97. The number of benzene rings is 3. The standard InChI is InChI=1S/C28H26NO2/c1-16-18-11-10-17-8-6-7-9-19(17)24(18)20(14-28(2,3)4)27-23(16)26-25-21(12-13-29(26)5)30-15-22(25)31-27/h6-13,15H,14H2,1-5H3/q+1. The van der Waals surface area contributed by atoms with Crippen LogP contribution in [0.1, 0.15) is 31.9 Å². The first kappa shape index (κ1) is 18.4. The summed E-state index contributed by atoms with van der Waals surface area (Å²) < 4.78 is 14.7. The molecule has 31 heavy (non-hydrogen) atoms. The van der Waals surface area contributed by atoms with Crippen LogP contribution in [0.2, 0.25) is 0 Å². The van der Waals surface area contributed by atoms with Gasteiger partial charge in [0.2, 0.25) is 5.69 Å². The predicted molar refractivity (Wildman–Crippen MR) is 126 cm³/mol. The van der Waals surface area contributed by atoms with E-state index in [1.54, 1.807) is 6.26 Å². The van der Waals surface area contributed by atoms with Crippen LogP contribution in [0.5, 0.6) is 11.5 Å². The maximum absolute atomic E-state index is 6.65. The molecule has 5 aromatic rings. The van der Waals surface area contributed by atoms with Gasteiger partial charge in [-0.1, -0.05) is 57.2 Å². The van der Waals surface area contributed by atoms with Crippen LogP contribution in [0.15, 0.2) is 59.3 Å². The summed E-state index contributed by atoms with van der Waals surface area (Å²) >= 11 is 0. The first-order valence-electron chi connectivity index (χ1n) is 10.9. The Kier molecular flexibility index (Phi) is 3.63. The number of furan rings is 1. The van der Waals surface area contributed by atoms with Gasteiger partial charge in [-0.25, -0.2) is 0 Å². The van der Waals surface area contributed by atoms with Crippen LogP contribution in [0.25, 0.3) is 43.8 Å². The SMILES string of the molecule is Cc1c2c(c(CC(C)(C)C)c3c1ccc1ccccc13)Oc1coc3cc[n+](C)c-2c13. The van der Waals surface area contributed by atoms with E-state index in [1.807, 2.05) is 6.07 Å². The summed E-state index contributed by atoms with van der Waals surface area (Å²) in [5.74, 6) is 1.79. The Labute approximate surface area is 181 Å². The molecule has 0 aliphatic carbocycles. The van der Waals surface area contributed by atoms with E-state index in [9.17, 15) is 0 Å². The first-order valence-corrected chi connectivity index (χ1v) is 10.9.